The van der Waals surface area contributed by atoms with E-state index < -0.39 is 0 Å². The number of carbonyl (C=O) groups is 1. The molecule has 2 aromatic carbocycles. The molecule has 0 spiro atoms. The molecule has 1 aliphatic rings. The third-order valence-corrected chi connectivity index (χ3v) is 5.60. The number of fused-ring (bicyclic) bond motifs is 1. The van der Waals surface area contributed by atoms with E-state index in [1.54, 1.807) is 6.20 Å². The summed E-state index contributed by atoms with van der Waals surface area (Å²) in [5.74, 6) is 0.0240. The van der Waals surface area contributed by atoms with Crippen LogP contribution in [-0.4, -0.2) is 44.4 Å². The molecule has 8 heteroatoms. The number of aromatic nitrogens is 4. The second-order valence-corrected chi connectivity index (χ2v) is 7.66. The standard InChI is InChI=1S/C22H22N6O2/c29-22(24-18-8-6-15(7-9-18)19-10-11-23-25-19)17-4-2-12-28(14-17)13-16-3-1-5-20-21(16)27-30-26-20/h1,3,5-11,17H,2,4,12-14H2,(H,23,25)(H,24,29)/t17-/m0/s1. The first-order chi connectivity index (χ1) is 14.8. The molecule has 0 radical (unpaired) electrons. The third kappa shape index (κ3) is 3.81. The summed E-state index contributed by atoms with van der Waals surface area (Å²) in [4.78, 5) is 15.2. The fourth-order valence-electron chi connectivity index (χ4n) is 4.04. The number of aromatic amines is 1. The number of hydrogen-bond donors (Lipinski definition) is 2. The zero-order valence-corrected chi connectivity index (χ0v) is 16.4. The van der Waals surface area contributed by atoms with Gasteiger partial charge in [0.25, 0.3) is 0 Å². The van der Waals surface area contributed by atoms with Gasteiger partial charge in [0.15, 0.2) is 0 Å². The summed E-state index contributed by atoms with van der Waals surface area (Å²) >= 11 is 0. The van der Waals surface area contributed by atoms with E-state index in [1.807, 2.05) is 48.5 Å². The number of piperidine rings is 1. The summed E-state index contributed by atoms with van der Waals surface area (Å²) in [6.45, 7) is 2.41. The van der Waals surface area contributed by atoms with Crippen LogP contribution in [0, 0.1) is 5.92 Å². The summed E-state index contributed by atoms with van der Waals surface area (Å²) in [5.41, 5.74) is 5.42. The molecule has 1 aliphatic heterocycles. The highest BCUT2D eigenvalue weighted by atomic mass is 16.6. The monoisotopic (exact) mass is 402 g/mol. The van der Waals surface area contributed by atoms with Gasteiger partial charge in [-0.15, -0.1) is 0 Å². The number of anilines is 1. The second kappa shape index (κ2) is 8.08. The summed E-state index contributed by atoms with van der Waals surface area (Å²) in [5, 5.41) is 17.9. The summed E-state index contributed by atoms with van der Waals surface area (Å²) in [6.07, 6.45) is 3.60. The molecular formula is C22H22N6O2. The Morgan fingerprint density at radius 3 is 2.90 bits per heavy atom. The molecular weight excluding hydrogens is 380 g/mol. The van der Waals surface area contributed by atoms with Crippen molar-refractivity contribution in [3.8, 4) is 11.3 Å². The van der Waals surface area contributed by atoms with Crippen molar-refractivity contribution in [2.24, 2.45) is 5.92 Å². The lowest BCUT2D eigenvalue weighted by Gasteiger charge is -2.32. The summed E-state index contributed by atoms with van der Waals surface area (Å²) in [7, 11) is 0. The Labute approximate surface area is 173 Å². The Morgan fingerprint density at radius 1 is 1.17 bits per heavy atom. The fraction of sp³-hybridized carbons (Fsp3) is 0.273. The van der Waals surface area contributed by atoms with Gasteiger partial charge in [-0.1, -0.05) is 24.3 Å². The molecule has 5 rings (SSSR count). The van der Waals surface area contributed by atoms with E-state index in [2.05, 4.69) is 30.7 Å². The van der Waals surface area contributed by atoms with Gasteiger partial charge in [0.05, 0.1) is 11.6 Å². The summed E-state index contributed by atoms with van der Waals surface area (Å²) in [6, 6.07) is 15.6. The number of likely N-dealkylation sites (tertiary alicyclic amines) is 1. The van der Waals surface area contributed by atoms with Gasteiger partial charge in [0.2, 0.25) is 5.91 Å². The largest absolute Gasteiger partial charge is 0.326 e. The van der Waals surface area contributed by atoms with Crippen LogP contribution in [0.4, 0.5) is 5.69 Å². The minimum atomic E-state index is -0.0410. The highest BCUT2D eigenvalue weighted by Gasteiger charge is 2.26. The van der Waals surface area contributed by atoms with Gasteiger partial charge in [-0.2, -0.15) is 5.10 Å². The first kappa shape index (κ1) is 18.5. The van der Waals surface area contributed by atoms with Gasteiger partial charge < -0.3 is 5.32 Å². The van der Waals surface area contributed by atoms with Crippen LogP contribution in [0.2, 0.25) is 0 Å². The van der Waals surface area contributed by atoms with E-state index in [9.17, 15) is 4.79 Å². The molecule has 152 valence electrons. The molecule has 1 amide bonds. The van der Waals surface area contributed by atoms with Crippen LogP contribution in [0.15, 0.2) is 59.4 Å². The zero-order chi connectivity index (χ0) is 20.3. The lowest BCUT2D eigenvalue weighted by atomic mass is 9.96. The number of nitrogens with one attached hydrogen (secondary N) is 2. The van der Waals surface area contributed by atoms with Gasteiger partial charge in [-0.05, 0) is 65.1 Å². The quantitative estimate of drug-likeness (QED) is 0.530. The minimum Gasteiger partial charge on any atom is -0.326 e. The van der Waals surface area contributed by atoms with E-state index in [0.717, 1.165) is 66.0 Å². The SMILES string of the molecule is O=C(Nc1ccc(-c2ccn[nH]2)cc1)[C@H]1CCCN(Cc2cccc3nonc23)C1. The lowest BCUT2D eigenvalue weighted by molar-refractivity contribution is -0.121. The van der Waals surface area contributed by atoms with E-state index in [4.69, 9.17) is 4.63 Å². The lowest BCUT2D eigenvalue weighted by Crippen LogP contribution is -2.40. The number of carbonyl (C=O) groups excluding carboxylic acids is 1. The van der Waals surface area contributed by atoms with E-state index >= 15 is 0 Å². The summed E-state index contributed by atoms with van der Waals surface area (Å²) < 4.78 is 4.86. The Balaban J connectivity index is 1.22. The smallest absolute Gasteiger partial charge is 0.228 e. The van der Waals surface area contributed by atoms with Crippen LogP contribution in [0.5, 0.6) is 0 Å². The molecule has 0 saturated carbocycles. The molecule has 1 fully saturated rings. The van der Waals surface area contributed by atoms with Crippen LogP contribution in [0.25, 0.3) is 22.3 Å². The second-order valence-electron chi connectivity index (χ2n) is 7.66. The molecule has 0 aliphatic carbocycles. The van der Waals surface area contributed by atoms with Gasteiger partial charge in [-0.25, -0.2) is 4.63 Å². The van der Waals surface area contributed by atoms with Crippen molar-refractivity contribution in [1.29, 1.82) is 0 Å². The van der Waals surface area contributed by atoms with Crippen LogP contribution >= 0.6 is 0 Å². The van der Waals surface area contributed by atoms with E-state index in [-0.39, 0.29) is 11.8 Å². The minimum absolute atomic E-state index is 0.0410. The highest BCUT2D eigenvalue weighted by Crippen LogP contribution is 2.24. The number of rotatable bonds is 5. The molecule has 1 saturated heterocycles. The molecule has 2 N–H and O–H groups in total. The van der Waals surface area contributed by atoms with Crippen molar-refractivity contribution >= 4 is 22.6 Å². The molecule has 1 atom stereocenters. The maximum absolute atomic E-state index is 12.9. The Morgan fingerprint density at radius 2 is 2.07 bits per heavy atom. The van der Waals surface area contributed by atoms with Crippen molar-refractivity contribution in [3.05, 3.63) is 60.3 Å². The highest BCUT2D eigenvalue weighted by molar-refractivity contribution is 5.93. The van der Waals surface area contributed by atoms with Crippen molar-refractivity contribution in [2.75, 3.05) is 18.4 Å². The van der Waals surface area contributed by atoms with Crippen LogP contribution in [0.1, 0.15) is 18.4 Å². The molecule has 0 unspecified atom stereocenters. The van der Waals surface area contributed by atoms with Crippen molar-refractivity contribution in [2.45, 2.75) is 19.4 Å². The van der Waals surface area contributed by atoms with Crippen LogP contribution in [0.3, 0.4) is 0 Å². The Bertz CT molecular complexity index is 1140. The number of hydrogen-bond acceptors (Lipinski definition) is 6. The Hall–Kier alpha value is -3.52. The number of H-pyrrole nitrogens is 1. The van der Waals surface area contributed by atoms with Crippen molar-refractivity contribution in [3.63, 3.8) is 0 Å². The predicted octanol–water partition coefficient (Wildman–Crippen LogP) is 3.46. The number of benzene rings is 2. The predicted molar refractivity (Wildman–Crippen MR) is 112 cm³/mol. The molecule has 2 aromatic heterocycles. The first-order valence-corrected chi connectivity index (χ1v) is 10.1. The third-order valence-electron chi connectivity index (χ3n) is 5.60. The van der Waals surface area contributed by atoms with Crippen molar-refractivity contribution in [1.82, 2.24) is 25.4 Å². The molecule has 3 heterocycles. The first-order valence-electron chi connectivity index (χ1n) is 10.1. The van der Waals surface area contributed by atoms with Crippen LogP contribution in [-0.2, 0) is 11.3 Å². The van der Waals surface area contributed by atoms with Crippen molar-refractivity contribution < 1.29 is 9.42 Å². The fourth-order valence-corrected chi connectivity index (χ4v) is 4.04. The Kier molecular flexibility index (Phi) is 4.98. The molecule has 30 heavy (non-hydrogen) atoms. The molecule has 0 bridgehead atoms. The average Bonchev–Trinajstić information content (AvgIpc) is 3.47. The maximum Gasteiger partial charge on any atom is 0.228 e. The normalized spacial score (nSPS) is 17.3. The average molecular weight is 402 g/mol. The zero-order valence-electron chi connectivity index (χ0n) is 16.4. The molecule has 4 aromatic rings. The number of amides is 1. The topological polar surface area (TPSA) is 99.9 Å². The van der Waals surface area contributed by atoms with Gasteiger partial charge in [-0.3, -0.25) is 14.8 Å². The van der Waals surface area contributed by atoms with Gasteiger partial charge in [0.1, 0.15) is 11.0 Å². The molecule has 8 nitrogen and oxygen atoms in total. The van der Waals surface area contributed by atoms with E-state index in [1.165, 1.54) is 0 Å². The van der Waals surface area contributed by atoms with E-state index in [0.29, 0.717) is 0 Å². The maximum atomic E-state index is 12.9. The van der Waals surface area contributed by atoms with Gasteiger partial charge >= 0.3 is 0 Å². The van der Waals surface area contributed by atoms with Crippen LogP contribution < -0.4 is 5.32 Å². The van der Waals surface area contributed by atoms with Gasteiger partial charge in [0, 0.05) is 25.0 Å². The number of nitrogens with zero attached hydrogens (tertiary/aromatic N) is 4.